The molecule has 0 spiro atoms. The van der Waals surface area contributed by atoms with Gasteiger partial charge in [0.1, 0.15) is 42.2 Å². The van der Waals surface area contributed by atoms with Crippen molar-refractivity contribution in [3.63, 3.8) is 0 Å². The van der Waals surface area contributed by atoms with Crippen LogP contribution in [-0.2, 0) is 33.6 Å². The van der Waals surface area contributed by atoms with Gasteiger partial charge < -0.3 is 37.5 Å². The van der Waals surface area contributed by atoms with Crippen molar-refractivity contribution in [2.45, 2.75) is 88.7 Å². The predicted molar refractivity (Wildman–Crippen MR) is 225 cm³/mol. The highest BCUT2D eigenvalue weighted by molar-refractivity contribution is 7.44. The lowest BCUT2D eigenvalue weighted by molar-refractivity contribution is -0.299. The third-order valence-electron chi connectivity index (χ3n) is 10.3. The van der Waals surface area contributed by atoms with E-state index in [0.717, 1.165) is 16.8 Å². The molecule has 1 saturated heterocycles. The molecule has 3 aromatic carbocycles. The van der Waals surface area contributed by atoms with E-state index >= 15 is 0 Å². The maximum absolute atomic E-state index is 13.5. The largest absolute Gasteiger partial charge is 0.497 e. The highest BCUT2D eigenvalue weighted by Crippen LogP contribution is 2.51. The molecule has 1 fully saturated rings. The molecule has 4 aromatic rings. The molecule has 0 aliphatic carbocycles. The van der Waals surface area contributed by atoms with Gasteiger partial charge in [-0.2, -0.15) is 31.6 Å². The van der Waals surface area contributed by atoms with E-state index in [1.54, 1.807) is 24.3 Å². The van der Waals surface area contributed by atoms with Crippen molar-refractivity contribution in [3.8, 4) is 17.6 Å². The first-order valence-corrected chi connectivity index (χ1v) is 21.5. The van der Waals surface area contributed by atoms with Crippen LogP contribution >= 0.6 is 8.53 Å². The molecule has 1 aliphatic heterocycles. The van der Waals surface area contributed by atoms with Gasteiger partial charge in [-0.15, -0.1) is 0 Å². The Labute approximate surface area is 372 Å². The Balaban J connectivity index is 1.67. The Kier molecular flexibility index (Phi) is 17.8. The number of nitrogens with one attached hydrogen (secondary N) is 1. The van der Waals surface area contributed by atoms with Crippen LogP contribution in [0, 0.1) is 17.2 Å². The Bertz CT molecular complexity index is 2190. The summed E-state index contributed by atoms with van der Waals surface area (Å²) in [5, 5.41) is 9.40. The molecule has 2 heterocycles. The molecule has 14 nitrogen and oxygen atoms in total. The van der Waals surface area contributed by atoms with E-state index in [1.165, 1.54) is 14.2 Å². The van der Waals surface area contributed by atoms with Crippen molar-refractivity contribution in [2.75, 3.05) is 40.8 Å². The number of H-pyrrole nitrogens is 1. The average Bonchev–Trinajstić information content (AvgIpc) is 3.59. The minimum absolute atomic E-state index is 0.0357. The first kappa shape index (κ1) is 51.1. The number of aromatic amines is 1. The molecule has 0 radical (unpaired) electrons. The van der Waals surface area contributed by atoms with Crippen LogP contribution in [0.5, 0.6) is 11.5 Å². The van der Waals surface area contributed by atoms with Crippen molar-refractivity contribution in [1.82, 2.24) is 14.2 Å². The molecular formula is C44H51F6N4O10P. The molecule has 1 aliphatic rings. The zero-order valence-electron chi connectivity index (χ0n) is 36.4. The normalized spacial score (nSPS) is 18.7. The molecule has 1 aromatic heterocycles. The van der Waals surface area contributed by atoms with Crippen LogP contribution < -0.4 is 20.7 Å². The molecule has 0 bridgehead atoms. The molecule has 354 valence electrons. The van der Waals surface area contributed by atoms with Gasteiger partial charge in [-0.05, 0) is 68.7 Å². The van der Waals surface area contributed by atoms with Gasteiger partial charge in [0.05, 0.1) is 46.5 Å². The van der Waals surface area contributed by atoms with Crippen molar-refractivity contribution in [2.24, 2.45) is 5.92 Å². The van der Waals surface area contributed by atoms with E-state index in [4.69, 9.17) is 37.5 Å². The van der Waals surface area contributed by atoms with Crippen molar-refractivity contribution >= 4 is 8.53 Å². The molecule has 65 heavy (non-hydrogen) atoms. The fourth-order valence-corrected chi connectivity index (χ4v) is 9.11. The number of hydrogen-bond acceptors (Lipinski definition) is 12. The summed E-state index contributed by atoms with van der Waals surface area (Å²) >= 11 is 0. The second kappa shape index (κ2) is 22.6. The lowest BCUT2D eigenvalue weighted by Gasteiger charge is -2.39. The Morgan fingerprint density at radius 3 is 1.86 bits per heavy atom. The molecular weight excluding hydrogens is 889 g/mol. The first-order valence-electron chi connectivity index (χ1n) is 20.4. The second-order valence-corrected chi connectivity index (χ2v) is 16.7. The zero-order valence-corrected chi connectivity index (χ0v) is 37.3. The number of methoxy groups -OCH3 is 2. The van der Waals surface area contributed by atoms with Gasteiger partial charge in [0, 0.05) is 24.3 Å². The number of alkyl halides is 6. The van der Waals surface area contributed by atoms with Gasteiger partial charge in [-0.1, -0.05) is 54.6 Å². The minimum Gasteiger partial charge on any atom is -0.497 e. The highest BCUT2D eigenvalue weighted by Gasteiger charge is 2.57. The van der Waals surface area contributed by atoms with Crippen LogP contribution in [0.4, 0.5) is 26.3 Å². The van der Waals surface area contributed by atoms with Gasteiger partial charge in [0.2, 0.25) is 0 Å². The third-order valence-corrected chi connectivity index (χ3v) is 12.5. The average molecular weight is 941 g/mol. The van der Waals surface area contributed by atoms with Crippen LogP contribution in [0.25, 0.3) is 0 Å². The first-order chi connectivity index (χ1) is 30.8. The van der Waals surface area contributed by atoms with Crippen molar-refractivity contribution in [3.05, 3.63) is 129 Å². The zero-order chi connectivity index (χ0) is 47.5. The number of rotatable bonds is 22. The number of halogens is 6. The maximum Gasteiger partial charge on any atom is 0.402 e. The van der Waals surface area contributed by atoms with Crippen molar-refractivity contribution in [1.29, 1.82) is 5.26 Å². The van der Waals surface area contributed by atoms with Crippen LogP contribution in [0.15, 0.2) is 101 Å². The van der Waals surface area contributed by atoms with E-state index in [-0.39, 0.29) is 31.7 Å². The SMILES string of the molecule is COc1ccc(C(OC[C@H]2O[C@@H](n3ccc(=O)[nH]c3=O)[C@H](OCOCC(C(F)(F)F)C(F)(F)F)[C@@H]2OP(OCCC#N)N(C(C)C)C(C)C)(c2ccccc2)c2ccc(OC)cc2)cc1. The van der Waals surface area contributed by atoms with Gasteiger partial charge in [0.25, 0.3) is 14.1 Å². The molecule has 5 atom stereocenters. The topological polar surface area (TPSA) is 156 Å². The Morgan fingerprint density at radius 2 is 1.37 bits per heavy atom. The minimum atomic E-state index is -5.69. The van der Waals surface area contributed by atoms with Crippen LogP contribution in [0.3, 0.4) is 0 Å². The highest BCUT2D eigenvalue weighted by atomic mass is 31.2. The molecule has 0 amide bonds. The quantitative estimate of drug-likeness (QED) is 0.0265. The monoisotopic (exact) mass is 940 g/mol. The molecule has 1 N–H and O–H groups in total. The summed E-state index contributed by atoms with van der Waals surface area (Å²) in [6.07, 6.45) is -16.1. The smallest absolute Gasteiger partial charge is 0.402 e. The third kappa shape index (κ3) is 12.5. The summed E-state index contributed by atoms with van der Waals surface area (Å²) < 4.78 is 132. The molecule has 1 unspecified atom stereocenters. The number of nitriles is 1. The summed E-state index contributed by atoms with van der Waals surface area (Å²) in [6, 6.07) is 26.0. The fourth-order valence-electron chi connectivity index (χ4n) is 7.35. The fraction of sp³-hybridized carbons (Fsp3) is 0.477. The van der Waals surface area contributed by atoms with Crippen LogP contribution in [-0.4, -0.2) is 97.8 Å². The van der Waals surface area contributed by atoms with Crippen molar-refractivity contribution < 1.29 is 63.8 Å². The van der Waals surface area contributed by atoms with Crippen LogP contribution in [0.2, 0.25) is 0 Å². The summed E-state index contributed by atoms with van der Waals surface area (Å²) in [7, 11) is 0.878. The number of ether oxygens (including phenoxy) is 6. The van der Waals surface area contributed by atoms with E-state index in [0.29, 0.717) is 28.2 Å². The second-order valence-electron chi connectivity index (χ2n) is 15.3. The predicted octanol–water partition coefficient (Wildman–Crippen LogP) is 8.22. The number of nitrogens with zero attached hydrogens (tertiary/aromatic N) is 3. The van der Waals surface area contributed by atoms with E-state index < -0.39 is 81.6 Å². The van der Waals surface area contributed by atoms with Gasteiger partial charge in [-0.25, -0.2) is 9.46 Å². The van der Waals surface area contributed by atoms with Gasteiger partial charge in [0.15, 0.2) is 12.1 Å². The molecule has 21 heteroatoms. The lowest BCUT2D eigenvalue weighted by atomic mass is 9.80. The molecule has 5 rings (SSSR count). The maximum atomic E-state index is 13.5. The van der Waals surface area contributed by atoms with Gasteiger partial charge in [-0.3, -0.25) is 14.3 Å². The lowest BCUT2D eigenvalue weighted by Crippen LogP contribution is -2.44. The Morgan fingerprint density at radius 1 is 0.815 bits per heavy atom. The van der Waals surface area contributed by atoms with Gasteiger partial charge >= 0.3 is 18.0 Å². The van der Waals surface area contributed by atoms with E-state index in [2.05, 4.69) is 4.98 Å². The number of benzene rings is 3. The van der Waals surface area contributed by atoms with Crippen LogP contribution in [0.1, 0.15) is 57.0 Å². The number of aromatic nitrogens is 2. The standard InChI is InChI=1S/C44H51F6N4O10P/c1-28(2)54(29(3)4)65(62-24-10-22-51)64-38-35(63-40(53-23-21-37(55)52-41(53)56)39(38)60-27-59-26-36(43(45,46)47)44(48,49)50)25-61-42(30-11-8-7-9-12-30,31-13-17-33(57-5)18-14-31)32-15-19-34(58-6)20-16-32/h7-9,11-21,23,28-29,35-36,38-40H,10,24-27H2,1-6H3,(H,52,55,56)/t35-,38-,39-,40-,65?/m1/s1. The summed E-state index contributed by atoms with van der Waals surface area (Å²) in [5.74, 6) is -2.73. The molecule has 0 saturated carbocycles. The van der Waals surface area contributed by atoms with E-state index in [9.17, 15) is 41.2 Å². The van der Waals surface area contributed by atoms with E-state index in [1.807, 2.05) is 93.0 Å². The number of hydrogen-bond donors (Lipinski definition) is 1. The summed E-state index contributed by atoms with van der Waals surface area (Å²) in [6.45, 7) is 4.01. The summed E-state index contributed by atoms with van der Waals surface area (Å²) in [5.41, 5.74) is -1.31. The summed E-state index contributed by atoms with van der Waals surface area (Å²) in [4.78, 5) is 27.8. The Hall–Kier alpha value is -4.84.